The van der Waals surface area contributed by atoms with Crippen LogP contribution in [0.15, 0.2) is 0 Å². The van der Waals surface area contributed by atoms with Gasteiger partial charge in [-0.3, -0.25) is 9.59 Å². The standard InChI is InChI=1S/C14H25N3O3/c1-9-3-4-10(7-11(9)15)14(19)17-5-6-20-8-12(17)13(18)16-2/h9-12H,3-8,15H2,1-2H3,(H,16,18). The van der Waals surface area contributed by atoms with Crippen LogP contribution in [0.4, 0.5) is 0 Å². The largest absolute Gasteiger partial charge is 0.377 e. The van der Waals surface area contributed by atoms with E-state index in [-0.39, 0.29) is 30.4 Å². The van der Waals surface area contributed by atoms with Crippen molar-refractivity contribution in [2.45, 2.75) is 38.3 Å². The zero-order valence-electron chi connectivity index (χ0n) is 12.3. The number of hydrogen-bond acceptors (Lipinski definition) is 4. The Labute approximate surface area is 120 Å². The monoisotopic (exact) mass is 283 g/mol. The number of ether oxygens (including phenoxy) is 1. The molecule has 6 nitrogen and oxygen atoms in total. The third-order valence-electron chi connectivity index (χ3n) is 4.57. The van der Waals surface area contributed by atoms with Crippen LogP contribution in [0, 0.1) is 11.8 Å². The van der Waals surface area contributed by atoms with Gasteiger partial charge in [-0.1, -0.05) is 6.92 Å². The highest BCUT2D eigenvalue weighted by molar-refractivity contribution is 5.88. The summed E-state index contributed by atoms with van der Waals surface area (Å²) in [5.74, 6) is 0.320. The van der Waals surface area contributed by atoms with Gasteiger partial charge >= 0.3 is 0 Å². The Kier molecular flexibility index (Phi) is 4.99. The maximum Gasteiger partial charge on any atom is 0.244 e. The molecule has 20 heavy (non-hydrogen) atoms. The van der Waals surface area contributed by atoms with E-state index in [0.717, 1.165) is 19.3 Å². The summed E-state index contributed by atoms with van der Waals surface area (Å²) in [5, 5.41) is 2.60. The summed E-state index contributed by atoms with van der Waals surface area (Å²) in [5.41, 5.74) is 6.08. The predicted molar refractivity (Wildman–Crippen MR) is 74.9 cm³/mol. The molecule has 0 aromatic carbocycles. The molecule has 1 heterocycles. The Balaban J connectivity index is 2.04. The smallest absolute Gasteiger partial charge is 0.244 e. The average Bonchev–Trinajstić information content (AvgIpc) is 2.48. The first kappa shape index (κ1) is 15.3. The lowest BCUT2D eigenvalue weighted by Gasteiger charge is -2.39. The van der Waals surface area contributed by atoms with E-state index < -0.39 is 6.04 Å². The van der Waals surface area contributed by atoms with Gasteiger partial charge in [-0.15, -0.1) is 0 Å². The molecule has 2 rings (SSSR count). The number of morpholine rings is 1. The lowest BCUT2D eigenvalue weighted by Crippen LogP contribution is -2.57. The second-order valence-electron chi connectivity index (χ2n) is 5.89. The van der Waals surface area contributed by atoms with Crippen molar-refractivity contribution in [2.75, 3.05) is 26.8 Å². The number of nitrogens with one attached hydrogen (secondary N) is 1. The molecule has 1 saturated heterocycles. The summed E-state index contributed by atoms with van der Waals surface area (Å²) in [4.78, 5) is 26.2. The molecule has 1 aliphatic heterocycles. The number of carbonyl (C=O) groups is 2. The highest BCUT2D eigenvalue weighted by Crippen LogP contribution is 2.29. The first-order valence-electron chi connectivity index (χ1n) is 7.40. The minimum Gasteiger partial charge on any atom is -0.377 e. The molecule has 6 heteroatoms. The number of nitrogens with zero attached hydrogens (tertiary/aromatic N) is 1. The van der Waals surface area contributed by atoms with Gasteiger partial charge in [0.05, 0.1) is 13.2 Å². The van der Waals surface area contributed by atoms with Crippen molar-refractivity contribution < 1.29 is 14.3 Å². The van der Waals surface area contributed by atoms with Gasteiger partial charge in [0.2, 0.25) is 11.8 Å². The van der Waals surface area contributed by atoms with Gasteiger partial charge in [-0.05, 0) is 25.2 Å². The summed E-state index contributed by atoms with van der Waals surface area (Å²) in [6, 6.07) is -0.422. The van der Waals surface area contributed by atoms with E-state index in [4.69, 9.17) is 10.5 Å². The van der Waals surface area contributed by atoms with Gasteiger partial charge in [0.25, 0.3) is 0 Å². The highest BCUT2D eigenvalue weighted by Gasteiger charge is 2.38. The Morgan fingerprint density at radius 3 is 2.75 bits per heavy atom. The van der Waals surface area contributed by atoms with Crippen LogP contribution in [0.1, 0.15) is 26.2 Å². The third kappa shape index (κ3) is 3.12. The van der Waals surface area contributed by atoms with Gasteiger partial charge in [0.1, 0.15) is 6.04 Å². The summed E-state index contributed by atoms with van der Waals surface area (Å²) >= 11 is 0. The average molecular weight is 283 g/mol. The first-order valence-corrected chi connectivity index (χ1v) is 7.40. The van der Waals surface area contributed by atoms with E-state index in [9.17, 15) is 9.59 Å². The number of amides is 2. The Hall–Kier alpha value is -1.14. The molecule has 2 fully saturated rings. The molecule has 4 unspecified atom stereocenters. The zero-order valence-corrected chi connectivity index (χ0v) is 12.3. The highest BCUT2D eigenvalue weighted by atomic mass is 16.5. The van der Waals surface area contributed by atoms with Crippen LogP contribution in [0.5, 0.6) is 0 Å². The number of hydrogen-bond donors (Lipinski definition) is 2. The van der Waals surface area contributed by atoms with E-state index in [1.807, 2.05) is 0 Å². The Bertz CT molecular complexity index is 375. The lowest BCUT2D eigenvalue weighted by atomic mass is 9.79. The van der Waals surface area contributed by atoms with Crippen LogP contribution in [0.3, 0.4) is 0 Å². The molecular formula is C14H25N3O3. The molecule has 114 valence electrons. The fourth-order valence-electron chi connectivity index (χ4n) is 3.07. The molecule has 1 saturated carbocycles. The van der Waals surface area contributed by atoms with Crippen LogP contribution >= 0.6 is 0 Å². The quantitative estimate of drug-likeness (QED) is 0.730. The Morgan fingerprint density at radius 2 is 2.10 bits per heavy atom. The summed E-state index contributed by atoms with van der Waals surface area (Å²) in [7, 11) is 1.58. The fraction of sp³-hybridized carbons (Fsp3) is 0.857. The molecule has 3 N–H and O–H groups in total. The van der Waals surface area contributed by atoms with Crippen molar-refractivity contribution in [3.8, 4) is 0 Å². The van der Waals surface area contributed by atoms with Crippen molar-refractivity contribution >= 4 is 11.8 Å². The SMILES string of the molecule is CNC(=O)C1COCCN1C(=O)C1CCC(C)C(N)C1. The van der Waals surface area contributed by atoms with Crippen molar-refractivity contribution in [1.82, 2.24) is 10.2 Å². The van der Waals surface area contributed by atoms with Gasteiger partial charge in [-0.2, -0.15) is 0 Å². The minimum atomic E-state index is -0.503. The first-order chi connectivity index (χ1) is 9.54. The molecule has 0 aromatic heterocycles. The predicted octanol–water partition coefficient (Wildman–Crippen LogP) is -0.277. The van der Waals surface area contributed by atoms with Gasteiger partial charge in [0, 0.05) is 25.6 Å². The van der Waals surface area contributed by atoms with E-state index in [1.54, 1.807) is 11.9 Å². The van der Waals surface area contributed by atoms with Crippen LogP contribution in [-0.4, -0.2) is 55.6 Å². The van der Waals surface area contributed by atoms with Crippen LogP contribution in [0.25, 0.3) is 0 Å². The molecule has 1 aliphatic carbocycles. The van der Waals surface area contributed by atoms with Crippen molar-refractivity contribution in [2.24, 2.45) is 17.6 Å². The lowest BCUT2D eigenvalue weighted by molar-refractivity contribution is -0.152. The molecule has 0 bridgehead atoms. The molecular weight excluding hydrogens is 258 g/mol. The summed E-state index contributed by atoms with van der Waals surface area (Å²) in [6.07, 6.45) is 2.57. The van der Waals surface area contributed by atoms with Crippen molar-refractivity contribution in [3.05, 3.63) is 0 Å². The maximum absolute atomic E-state index is 12.7. The van der Waals surface area contributed by atoms with E-state index >= 15 is 0 Å². The fourth-order valence-corrected chi connectivity index (χ4v) is 3.07. The van der Waals surface area contributed by atoms with Crippen LogP contribution < -0.4 is 11.1 Å². The Morgan fingerprint density at radius 1 is 1.35 bits per heavy atom. The number of carbonyl (C=O) groups excluding carboxylic acids is 2. The molecule has 0 aromatic rings. The van der Waals surface area contributed by atoms with Gasteiger partial charge < -0.3 is 20.7 Å². The number of nitrogens with two attached hydrogens (primary N) is 1. The molecule has 2 aliphatic rings. The van der Waals surface area contributed by atoms with Crippen molar-refractivity contribution in [1.29, 1.82) is 0 Å². The summed E-state index contributed by atoms with van der Waals surface area (Å²) in [6.45, 7) is 3.39. The van der Waals surface area contributed by atoms with E-state index in [2.05, 4.69) is 12.2 Å². The minimum absolute atomic E-state index is 0.0496. The van der Waals surface area contributed by atoms with Crippen LogP contribution in [-0.2, 0) is 14.3 Å². The molecule has 0 radical (unpaired) electrons. The topological polar surface area (TPSA) is 84.7 Å². The normalized spacial score (nSPS) is 34.6. The number of likely N-dealkylation sites (N-methyl/N-ethyl adjacent to an activating group) is 1. The molecule has 2 amide bonds. The van der Waals surface area contributed by atoms with E-state index in [0.29, 0.717) is 19.1 Å². The van der Waals surface area contributed by atoms with Crippen molar-refractivity contribution in [3.63, 3.8) is 0 Å². The summed E-state index contributed by atoms with van der Waals surface area (Å²) < 4.78 is 5.33. The zero-order chi connectivity index (χ0) is 14.7. The third-order valence-corrected chi connectivity index (χ3v) is 4.57. The van der Waals surface area contributed by atoms with Gasteiger partial charge in [0.15, 0.2) is 0 Å². The second kappa shape index (κ2) is 6.54. The number of rotatable bonds is 2. The van der Waals surface area contributed by atoms with E-state index in [1.165, 1.54) is 0 Å². The van der Waals surface area contributed by atoms with Crippen LogP contribution in [0.2, 0.25) is 0 Å². The second-order valence-corrected chi connectivity index (χ2v) is 5.89. The molecule has 0 spiro atoms. The van der Waals surface area contributed by atoms with Gasteiger partial charge in [-0.25, -0.2) is 0 Å². The molecule has 4 atom stereocenters. The maximum atomic E-state index is 12.7.